The van der Waals surface area contributed by atoms with E-state index in [4.69, 9.17) is 28.2 Å². The van der Waals surface area contributed by atoms with Gasteiger partial charge in [0.1, 0.15) is 17.2 Å². The number of nitrogens with one attached hydrogen (secondary N) is 1. The third-order valence-corrected chi connectivity index (χ3v) is 10.4. The van der Waals surface area contributed by atoms with Crippen molar-refractivity contribution in [2.75, 3.05) is 19.0 Å². The number of benzene rings is 3. The van der Waals surface area contributed by atoms with Gasteiger partial charge >= 0.3 is 12.1 Å². The first-order chi connectivity index (χ1) is 21.4. The smallest absolute Gasteiger partial charge is 0.417 e. The molecule has 1 saturated heterocycles. The zero-order chi connectivity index (χ0) is 31.6. The molecule has 4 atom stereocenters. The van der Waals surface area contributed by atoms with E-state index in [1.165, 1.54) is 6.07 Å². The number of nitrogens with zero attached hydrogens (tertiary/aromatic N) is 3. The lowest BCUT2D eigenvalue weighted by molar-refractivity contribution is -0.138. The maximum absolute atomic E-state index is 16.2. The van der Waals surface area contributed by atoms with Gasteiger partial charge in [0.25, 0.3) is 0 Å². The molecule has 13 heteroatoms. The van der Waals surface area contributed by atoms with Crippen molar-refractivity contribution in [1.82, 2.24) is 14.5 Å². The molecule has 46 heavy (non-hydrogen) atoms. The second-order valence-electron chi connectivity index (χ2n) is 12.2. The largest absolute Gasteiger partial charge is 0.465 e. The number of esters is 1. The van der Waals surface area contributed by atoms with Gasteiger partial charge in [-0.2, -0.15) is 13.2 Å². The lowest BCUT2D eigenvalue weighted by atomic mass is 9.71. The number of anilines is 1. The van der Waals surface area contributed by atoms with Crippen molar-refractivity contribution in [3.63, 3.8) is 0 Å². The van der Waals surface area contributed by atoms with Crippen LogP contribution in [0.3, 0.4) is 0 Å². The number of likely N-dealkylation sites (tertiary alicyclic amines) is 1. The van der Waals surface area contributed by atoms with Crippen molar-refractivity contribution in [3.05, 3.63) is 92.5 Å². The maximum Gasteiger partial charge on any atom is 0.417 e. The fraction of sp³-hybridized carbons (Fsp3) is 0.364. The van der Waals surface area contributed by atoms with Gasteiger partial charge in [-0.05, 0) is 54.7 Å². The Morgan fingerprint density at radius 2 is 1.91 bits per heavy atom. The van der Waals surface area contributed by atoms with Crippen LogP contribution in [0, 0.1) is 11.7 Å². The molecule has 2 fully saturated rings. The summed E-state index contributed by atoms with van der Waals surface area (Å²) in [6, 6.07) is 11.4. The van der Waals surface area contributed by atoms with E-state index in [0.717, 1.165) is 32.1 Å². The van der Waals surface area contributed by atoms with Crippen molar-refractivity contribution in [1.29, 1.82) is 0 Å². The monoisotopic (exact) mass is 674 g/mol. The molecule has 1 aromatic heterocycles. The second-order valence-corrected chi connectivity index (χ2v) is 13.0. The highest BCUT2D eigenvalue weighted by molar-refractivity contribution is 6.31. The van der Waals surface area contributed by atoms with Crippen LogP contribution in [-0.4, -0.2) is 46.0 Å². The maximum atomic E-state index is 16.2. The number of halogens is 6. The van der Waals surface area contributed by atoms with Gasteiger partial charge in [0, 0.05) is 47.2 Å². The molecule has 3 aromatic carbocycles. The molecule has 240 valence electrons. The standard InChI is InChI=1S/C32H24Cl2F4N4O3.CH4/c1-45-29(43)17-10-22-23(11-19(17)32(36,37)38)41-13-24-25(28(41)39-22)26(16-3-2-4-20(34)27(16)35)31(42(24)12-14-5-6-14)18-8-7-15(33)9-21(18)40-30(31)44;/h2-4,7-11,14,24-26H,5-6,12-13H2,1H3,(H,40,44);1H4/t24-,25+,26-,31+;/m0./s1. The number of imidazole rings is 1. The van der Waals surface area contributed by atoms with Gasteiger partial charge in [0.15, 0.2) is 0 Å². The summed E-state index contributed by atoms with van der Waals surface area (Å²) in [4.78, 5) is 33.8. The van der Waals surface area contributed by atoms with Gasteiger partial charge in [-0.1, -0.05) is 48.8 Å². The highest BCUT2D eigenvalue weighted by atomic mass is 35.5. The number of aromatic nitrogens is 2. The summed E-state index contributed by atoms with van der Waals surface area (Å²) < 4.78 is 65.1. The van der Waals surface area contributed by atoms with Gasteiger partial charge in [-0.15, -0.1) is 0 Å². The average molecular weight is 676 g/mol. The minimum Gasteiger partial charge on any atom is -0.465 e. The first-order valence-corrected chi connectivity index (χ1v) is 15.2. The number of fused-ring (bicyclic) bond motifs is 7. The zero-order valence-electron chi connectivity index (χ0n) is 23.6. The molecular formula is C33H28Cl2F4N4O3. The number of methoxy groups -OCH3 is 1. The van der Waals surface area contributed by atoms with Crippen molar-refractivity contribution in [3.8, 4) is 0 Å². The fourth-order valence-electron chi connectivity index (χ4n) is 7.91. The van der Waals surface area contributed by atoms with Crippen LogP contribution in [0.2, 0.25) is 10.0 Å². The van der Waals surface area contributed by atoms with Crippen molar-refractivity contribution in [2.45, 2.75) is 56.4 Å². The molecule has 4 aromatic rings. The summed E-state index contributed by atoms with van der Waals surface area (Å²) in [5.41, 5.74) is -1.43. The van der Waals surface area contributed by atoms with Crippen LogP contribution < -0.4 is 5.32 Å². The minimum absolute atomic E-state index is 0. The zero-order valence-corrected chi connectivity index (χ0v) is 25.1. The predicted molar refractivity (Wildman–Crippen MR) is 165 cm³/mol. The van der Waals surface area contributed by atoms with E-state index in [0.29, 0.717) is 34.6 Å². The molecule has 0 unspecified atom stereocenters. The molecule has 0 radical (unpaired) electrons. The Labute approximate surface area is 271 Å². The number of carbonyl (C=O) groups is 2. The first-order valence-electron chi connectivity index (χ1n) is 14.5. The summed E-state index contributed by atoms with van der Waals surface area (Å²) in [7, 11) is 1.01. The summed E-state index contributed by atoms with van der Waals surface area (Å²) >= 11 is 12.7. The third kappa shape index (κ3) is 4.17. The van der Waals surface area contributed by atoms with Crippen LogP contribution in [0.4, 0.5) is 23.2 Å². The van der Waals surface area contributed by atoms with E-state index in [1.807, 2.05) is 0 Å². The average Bonchev–Trinajstić information content (AvgIpc) is 3.44. The van der Waals surface area contributed by atoms with Crippen molar-refractivity contribution < 1.29 is 31.9 Å². The van der Waals surface area contributed by atoms with E-state index in [-0.39, 0.29) is 41.5 Å². The van der Waals surface area contributed by atoms with E-state index >= 15 is 4.39 Å². The molecule has 8 rings (SSSR count). The summed E-state index contributed by atoms with van der Waals surface area (Å²) in [5.74, 6) is -2.92. The number of rotatable bonds is 4. The van der Waals surface area contributed by atoms with Crippen LogP contribution in [0.15, 0.2) is 48.5 Å². The number of amides is 1. The Morgan fingerprint density at radius 1 is 1.15 bits per heavy atom. The predicted octanol–water partition coefficient (Wildman–Crippen LogP) is 7.75. The number of ether oxygens (including phenoxy) is 1. The second kappa shape index (κ2) is 10.4. The molecule has 4 aliphatic rings. The van der Waals surface area contributed by atoms with Crippen LogP contribution in [0.5, 0.6) is 0 Å². The summed E-state index contributed by atoms with van der Waals surface area (Å²) in [6.45, 7) is 0.729. The Hall–Kier alpha value is -3.67. The van der Waals surface area contributed by atoms with Gasteiger partial charge in [0.2, 0.25) is 5.91 Å². The Kier molecular flexibility index (Phi) is 7.01. The topological polar surface area (TPSA) is 76.5 Å². The molecular weight excluding hydrogens is 647 g/mol. The molecule has 1 aliphatic carbocycles. The Morgan fingerprint density at radius 3 is 2.61 bits per heavy atom. The highest BCUT2D eigenvalue weighted by Gasteiger charge is 2.70. The minimum atomic E-state index is -4.83. The van der Waals surface area contributed by atoms with Gasteiger partial charge in [0.05, 0.1) is 34.3 Å². The number of carbonyl (C=O) groups excluding carboxylic acids is 2. The molecule has 1 N–H and O–H groups in total. The summed E-state index contributed by atoms with van der Waals surface area (Å²) in [5, 5.41) is 3.31. The molecule has 0 bridgehead atoms. The van der Waals surface area contributed by atoms with Gasteiger partial charge < -0.3 is 14.6 Å². The number of hydrogen-bond donors (Lipinski definition) is 1. The van der Waals surface area contributed by atoms with E-state index in [2.05, 4.69) is 15.0 Å². The molecule has 1 amide bonds. The molecule has 3 aliphatic heterocycles. The first kappa shape index (κ1) is 31.0. The molecule has 1 saturated carbocycles. The van der Waals surface area contributed by atoms with Gasteiger partial charge in [-0.25, -0.2) is 14.2 Å². The van der Waals surface area contributed by atoms with Crippen LogP contribution in [-0.2, 0) is 27.8 Å². The normalized spacial score (nSPS) is 24.9. The molecule has 7 nitrogen and oxygen atoms in total. The van der Waals surface area contributed by atoms with Crippen molar-refractivity contribution in [2.24, 2.45) is 5.92 Å². The molecule has 1 spiro atoms. The number of alkyl halides is 3. The Balaban J connectivity index is 0.00000338. The van der Waals surface area contributed by atoms with E-state index in [1.54, 1.807) is 34.9 Å². The lowest BCUT2D eigenvalue weighted by Gasteiger charge is -2.40. The van der Waals surface area contributed by atoms with Crippen molar-refractivity contribution >= 4 is 51.8 Å². The quantitative estimate of drug-likeness (QED) is 0.177. The van der Waals surface area contributed by atoms with Gasteiger partial charge in [-0.3, -0.25) is 9.69 Å². The fourth-order valence-corrected chi connectivity index (χ4v) is 8.26. The molecule has 4 heterocycles. The number of hydrogen-bond acceptors (Lipinski definition) is 5. The Bertz CT molecular complexity index is 1960. The van der Waals surface area contributed by atoms with Crippen LogP contribution in [0.25, 0.3) is 11.0 Å². The highest BCUT2D eigenvalue weighted by Crippen LogP contribution is 2.65. The lowest BCUT2D eigenvalue weighted by Crippen LogP contribution is -2.53. The SMILES string of the molecule is C.COC(=O)c1cc2nc3n(c2cc1C(F)(F)F)C[C@H]1[C@@H]3[C@H](c2cccc(Cl)c2F)[C@]2(C(=O)Nc3cc(Cl)ccc32)N1CC1CC1. The van der Waals surface area contributed by atoms with E-state index < -0.39 is 52.5 Å². The summed E-state index contributed by atoms with van der Waals surface area (Å²) in [6.07, 6.45) is -2.90. The van der Waals surface area contributed by atoms with E-state index in [9.17, 15) is 22.8 Å². The van der Waals surface area contributed by atoms with Crippen LogP contribution >= 0.6 is 23.2 Å². The van der Waals surface area contributed by atoms with Crippen LogP contribution in [0.1, 0.15) is 65.0 Å². The third-order valence-electron chi connectivity index (χ3n) is 9.83.